The molecule has 2 aromatic rings. The van der Waals surface area contributed by atoms with Crippen molar-refractivity contribution in [3.05, 3.63) is 40.5 Å². The van der Waals surface area contributed by atoms with E-state index in [0.717, 1.165) is 30.8 Å². The molecule has 23 heavy (non-hydrogen) atoms. The van der Waals surface area contributed by atoms with Gasteiger partial charge >= 0.3 is 0 Å². The number of aromatic nitrogens is 3. The number of aryl methyl sites for hydroxylation is 3. The van der Waals surface area contributed by atoms with Gasteiger partial charge in [-0.25, -0.2) is 0 Å². The van der Waals surface area contributed by atoms with E-state index in [-0.39, 0.29) is 12.4 Å². The van der Waals surface area contributed by atoms with Crippen LogP contribution in [0.3, 0.4) is 0 Å². The quantitative estimate of drug-likeness (QED) is 0.900. The van der Waals surface area contributed by atoms with Gasteiger partial charge in [-0.2, -0.15) is 5.10 Å². The van der Waals surface area contributed by atoms with Gasteiger partial charge in [-0.05, 0) is 33.3 Å². The molecule has 0 unspecified atom stereocenters. The van der Waals surface area contributed by atoms with Crippen LogP contribution in [0.4, 0.5) is 0 Å². The Bertz CT molecular complexity index is 711. The molecule has 3 rings (SSSR count). The zero-order chi connectivity index (χ0) is 16.6. The normalized spacial score (nSPS) is 18.7. The summed E-state index contributed by atoms with van der Waals surface area (Å²) in [6.07, 6.45) is 2.69. The van der Waals surface area contributed by atoms with E-state index in [1.165, 1.54) is 5.69 Å². The van der Waals surface area contributed by atoms with Crippen molar-refractivity contribution < 1.29 is 10.2 Å². The highest BCUT2D eigenvalue weighted by Gasteiger charge is 2.27. The number of aromatic hydroxyl groups is 1. The van der Waals surface area contributed by atoms with Crippen LogP contribution < -0.4 is 0 Å². The van der Waals surface area contributed by atoms with E-state index < -0.39 is 0 Å². The summed E-state index contributed by atoms with van der Waals surface area (Å²) in [5.41, 5.74) is 4.32. The first-order valence-corrected chi connectivity index (χ1v) is 8.02. The molecule has 1 atom stereocenters. The number of likely N-dealkylation sites (tertiary alicyclic amines) is 1. The van der Waals surface area contributed by atoms with E-state index in [4.69, 9.17) is 0 Å². The first-order chi connectivity index (χ1) is 11.0. The van der Waals surface area contributed by atoms with E-state index in [2.05, 4.69) is 32.7 Å². The molecule has 0 saturated carbocycles. The molecular formula is C17H24N4O2. The third kappa shape index (κ3) is 3.09. The van der Waals surface area contributed by atoms with E-state index in [0.29, 0.717) is 23.8 Å². The third-order valence-corrected chi connectivity index (χ3v) is 4.62. The topological polar surface area (TPSA) is 74.4 Å². The fraction of sp³-hybridized carbons (Fsp3) is 0.529. The van der Waals surface area contributed by atoms with E-state index >= 15 is 0 Å². The number of hydrogen-bond donors (Lipinski definition) is 2. The fourth-order valence-corrected chi connectivity index (χ4v) is 3.39. The Morgan fingerprint density at radius 1 is 1.30 bits per heavy atom. The van der Waals surface area contributed by atoms with Gasteiger partial charge in [0.25, 0.3) is 0 Å². The zero-order valence-electron chi connectivity index (χ0n) is 14.0. The molecule has 6 nitrogen and oxygen atoms in total. The van der Waals surface area contributed by atoms with Crippen LogP contribution in [0, 0.1) is 20.8 Å². The lowest BCUT2D eigenvalue weighted by Crippen LogP contribution is -2.23. The summed E-state index contributed by atoms with van der Waals surface area (Å²) in [7, 11) is 0. The van der Waals surface area contributed by atoms with Crippen molar-refractivity contribution >= 4 is 0 Å². The predicted octanol–water partition coefficient (Wildman–Crippen LogP) is 1.85. The second-order valence-electron chi connectivity index (χ2n) is 6.40. The van der Waals surface area contributed by atoms with E-state index in [1.54, 1.807) is 13.1 Å². The van der Waals surface area contributed by atoms with Crippen LogP contribution in [-0.4, -0.2) is 43.0 Å². The lowest BCUT2D eigenvalue weighted by atomic mass is 10.1. The SMILES string of the molecule is Cc1cc(C)n([C@H]2CCN(Cc3c(CO)cnc(C)c3O)C2)n1. The van der Waals surface area contributed by atoms with Gasteiger partial charge in [0, 0.05) is 42.7 Å². The van der Waals surface area contributed by atoms with Crippen LogP contribution in [0.2, 0.25) is 0 Å². The molecule has 0 bridgehead atoms. The molecule has 124 valence electrons. The van der Waals surface area contributed by atoms with Gasteiger partial charge in [0.15, 0.2) is 0 Å². The van der Waals surface area contributed by atoms with Crippen LogP contribution in [-0.2, 0) is 13.2 Å². The van der Waals surface area contributed by atoms with Crippen molar-refractivity contribution in [2.45, 2.75) is 46.4 Å². The molecule has 3 heterocycles. The minimum Gasteiger partial charge on any atom is -0.506 e. The van der Waals surface area contributed by atoms with Crippen molar-refractivity contribution in [3.63, 3.8) is 0 Å². The number of aliphatic hydroxyl groups excluding tert-OH is 1. The van der Waals surface area contributed by atoms with Crippen LogP contribution >= 0.6 is 0 Å². The summed E-state index contributed by atoms with van der Waals surface area (Å²) in [6, 6.07) is 2.47. The van der Waals surface area contributed by atoms with Crippen LogP contribution in [0.15, 0.2) is 12.3 Å². The van der Waals surface area contributed by atoms with Crippen molar-refractivity contribution in [3.8, 4) is 5.75 Å². The van der Waals surface area contributed by atoms with Gasteiger partial charge in [-0.3, -0.25) is 14.6 Å². The standard InChI is InChI=1S/C17H24N4O2/c1-11-6-12(2)21(19-11)15-4-5-20(8-15)9-16-14(10-22)7-18-13(3)17(16)23/h6-7,15,22-23H,4-5,8-10H2,1-3H3/t15-/m0/s1. The molecule has 0 aromatic carbocycles. The molecule has 2 N–H and O–H groups in total. The lowest BCUT2D eigenvalue weighted by Gasteiger charge is -2.20. The maximum absolute atomic E-state index is 10.3. The Kier molecular flexibility index (Phi) is 4.37. The number of rotatable bonds is 4. The number of pyridine rings is 1. The van der Waals surface area contributed by atoms with Crippen LogP contribution in [0.5, 0.6) is 5.75 Å². The van der Waals surface area contributed by atoms with Crippen molar-refractivity contribution in [1.29, 1.82) is 0 Å². The lowest BCUT2D eigenvalue weighted by molar-refractivity contribution is 0.269. The molecular weight excluding hydrogens is 292 g/mol. The first kappa shape index (κ1) is 16.0. The van der Waals surface area contributed by atoms with Crippen molar-refractivity contribution in [1.82, 2.24) is 19.7 Å². The first-order valence-electron chi connectivity index (χ1n) is 8.02. The largest absolute Gasteiger partial charge is 0.506 e. The van der Waals surface area contributed by atoms with Gasteiger partial charge in [-0.1, -0.05) is 0 Å². The summed E-state index contributed by atoms with van der Waals surface area (Å²) in [4.78, 5) is 6.42. The minimum atomic E-state index is -0.106. The van der Waals surface area contributed by atoms with Gasteiger partial charge in [0.05, 0.1) is 24.0 Å². The molecule has 2 aromatic heterocycles. The predicted molar refractivity (Wildman–Crippen MR) is 87.2 cm³/mol. The highest BCUT2D eigenvalue weighted by Crippen LogP contribution is 2.29. The minimum absolute atomic E-state index is 0.106. The smallest absolute Gasteiger partial charge is 0.141 e. The summed E-state index contributed by atoms with van der Waals surface area (Å²) in [5, 5.41) is 24.4. The van der Waals surface area contributed by atoms with Crippen molar-refractivity contribution in [2.75, 3.05) is 13.1 Å². The van der Waals surface area contributed by atoms with Crippen LogP contribution in [0.25, 0.3) is 0 Å². The third-order valence-electron chi connectivity index (χ3n) is 4.62. The highest BCUT2D eigenvalue weighted by molar-refractivity contribution is 5.40. The number of hydrogen-bond acceptors (Lipinski definition) is 5. The maximum atomic E-state index is 10.3. The Morgan fingerprint density at radius 3 is 2.74 bits per heavy atom. The summed E-state index contributed by atoms with van der Waals surface area (Å²) >= 11 is 0. The van der Waals surface area contributed by atoms with E-state index in [9.17, 15) is 10.2 Å². The number of nitrogens with zero attached hydrogens (tertiary/aromatic N) is 4. The summed E-state index contributed by atoms with van der Waals surface area (Å²) in [5.74, 6) is 0.200. The Morgan fingerprint density at radius 2 is 2.09 bits per heavy atom. The molecule has 1 fully saturated rings. The van der Waals surface area contributed by atoms with E-state index in [1.807, 2.05) is 6.92 Å². The fourth-order valence-electron chi connectivity index (χ4n) is 3.39. The van der Waals surface area contributed by atoms with Gasteiger partial charge in [-0.15, -0.1) is 0 Å². The molecule has 1 aliphatic heterocycles. The Hall–Kier alpha value is -1.92. The molecule has 0 amide bonds. The molecule has 1 saturated heterocycles. The Labute approximate surface area is 136 Å². The van der Waals surface area contributed by atoms with Gasteiger partial charge in [0.2, 0.25) is 0 Å². The zero-order valence-corrected chi connectivity index (χ0v) is 14.0. The number of aliphatic hydroxyl groups is 1. The average molecular weight is 316 g/mol. The highest BCUT2D eigenvalue weighted by atomic mass is 16.3. The second-order valence-corrected chi connectivity index (χ2v) is 6.40. The molecule has 6 heteroatoms. The van der Waals surface area contributed by atoms with Gasteiger partial charge < -0.3 is 10.2 Å². The summed E-state index contributed by atoms with van der Waals surface area (Å²) < 4.78 is 2.11. The second kappa shape index (κ2) is 6.29. The molecule has 0 spiro atoms. The maximum Gasteiger partial charge on any atom is 0.141 e. The molecule has 0 radical (unpaired) electrons. The molecule has 0 aliphatic carbocycles. The molecule has 1 aliphatic rings. The van der Waals surface area contributed by atoms with Crippen LogP contribution in [0.1, 0.15) is 40.7 Å². The van der Waals surface area contributed by atoms with Gasteiger partial charge in [0.1, 0.15) is 5.75 Å². The Balaban J connectivity index is 1.76. The monoisotopic (exact) mass is 316 g/mol. The summed E-state index contributed by atoms with van der Waals surface area (Å²) in [6.45, 7) is 8.25. The average Bonchev–Trinajstić information content (AvgIpc) is 3.10. The van der Waals surface area contributed by atoms with Crippen molar-refractivity contribution in [2.24, 2.45) is 0 Å².